The standard InChI is InChI=1S/C9H11BrN2OS2/c1-5-7(10)9(13)12-8(11-5)6-4-14-2-3-15-6/h6H,2-4H2,1H3,(H,11,12,13). The topological polar surface area (TPSA) is 45.8 Å². The van der Waals surface area contributed by atoms with Crippen LogP contribution in [0.2, 0.25) is 0 Å². The molecule has 0 aromatic carbocycles. The van der Waals surface area contributed by atoms with Crippen LogP contribution in [0.25, 0.3) is 0 Å². The van der Waals surface area contributed by atoms with Gasteiger partial charge in [0.05, 0.1) is 10.9 Å². The average Bonchev–Trinajstić information content (AvgIpc) is 2.26. The van der Waals surface area contributed by atoms with Crippen LogP contribution in [0.3, 0.4) is 0 Å². The fourth-order valence-electron chi connectivity index (χ4n) is 1.39. The number of hydrogen-bond acceptors (Lipinski definition) is 4. The molecule has 1 aliphatic rings. The van der Waals surface area contributed by atoms with Crippen molar-refractivity contribution in [1.29, 1.82) is 0 Å². The van der Waals surface area contributed by atoms with Crippen molar-refractivity contribution >= 4 is 39.5 Å². The van der Waals surface area contributed by atoms with Crippen LogP contribution >= 0.6 is 39.5 Å². The van der Waals surface area contributed by atoms with Crippen molar-refractivity contribution in [2.75, 3.05) is 17.3 Å². The van der Waals surface area contributed by atoms with E-state index in [1.54, 1.807) is 0 Å². The summed E-state index contributed by atoms with van der Waals surface area (Å²) in [7, 11) is 0. The highest BCUT2D eigenvalue weighted by atomic mass is 79.9. The second kappa shape index (κ2) is 4.93. The largest absolute Gasteiger partial charge is 0.309 e. The molecule has 6 heteroatoms. The third kappa shape index (κ3) is 2.60. The summed E-state index contributed by atoms with van der Waals surface area (Å²) in [4.78, 5) is 18.8. The number of H-pyrrole nitrogens is 1. The molecule has 15 heavy (non-hydrogen) atoms. The molecule has 1 saturated heterocycles. The summed E-state index contributed by atoms with van der Waals surface area (Å²) in [6.07, 6.45) is 0. The fourth-order valence-corrected chi connectivity index (χ4v) is 4.20. The molecule has 0 radical (unpaired) electrons. The lowest BCUT2D eigenvalue weighted by Crippen LogP contribution is -2.18. The van der Waals surface area contributed by atoms with Crippen LogP contribution in [0.4, 0.5) is 0 Å². The normalized spacial score (nSPS) is 21.6. The number of nitrogens with zero attached hydrogens (tertiary/aromatic N) is 1. The highest BCUT2D eigenvalue weighted by Crippen LogP contribution is 2.34. The van der Waals surface area contributed by atoms with Crippen molar-refractivity contribution in [2.45, 2.75) is 12.2 Å². The van der Waals surface area contributed by atoms with Gasteiger partial charge in [-0.1, -0.05) is 0 Å². The van der Waals surface area contributed by atoms with Crippen LogP contribution in [-0.4, -0.2) is 27.2 Å². The smallest absolute Gasteiger partial charge is 0.265 e. The molecule has 82 valence electrons. The van der Waals surface area contributed by atoms with Gasteiger partial charge in [0.15, 0.2) is 0 Å². The Bertz CT molecular complexity index is 415. The van der Waals surface area contributed by atoms with Crippen molar-refractivity contribution in [1.82, 2.24) is 9.97 Å². The zero-order chi connectivity index (χ0) is 10.8. The predicted molar refractivity (Wildman–Crippen MR) is 69.8 cm³/mol. The van der Waals surface area contributed by atoms with Crippen molar-refractivity contribution in [3.05, 3.63) is 26.3 Å². The van der Waals surface area contributed by atoms with Gasteiger partial charge in [0, 0.05) is 17.3 Å². The summed E-state index contributed by atoms with van der Waals surface area (Å²) >= 11 is 7.01. The number of aromatic amines is 1. The molecule has 0 aliphatic carbocycles. The Balaban J connectivity index is 2.32. The second-order valence-electron chi connectivity index (χ2n) is 3.28. The number of halogens is 1. The minimum absolute atomic E-state index is 0.0753. The van der Waals surface area contributed by atoms with E-state index in [0.717, 1.165) is 23.0 Å². The lowest BCUT2D eigenvalue weighted by Gasteiger charge is -2.20. The second-order valence-corrected chi connectivity index (χ2v) is 6.54. The first-order chi connectivity index (χ1) is 7.18. The Hall–Kier alpha value is 0.0600. The first-order valence-electron chi connectivity index (χ1n) is 4.64. The Morgan fingerprint density at radius 1 is 1.53 bits per heavy atom. The molecule has 1 aromatic heterocycles. The highest BCUT2D eigenvalue weighted by molar-refractivity contribution is 9.10. The SMILES string of the molecule is Cc1nc(C2CSCCS2)[nH]c(=O)c1Br. The minimum atomic E-state index is -0.0753. The molecule has 3 nitrogen and oxygen atoms in total. The number of rotatable bonds is 1. The van der Waals surface area contributed by atoms with Gasteiger partial charge in [0.25, 0.3) is 5.56 Å². The average molecular weight is 307 g/mol. The maximum atomic E-state index is 11.5. The van der Waals surface area contributed by atoms with Gasteiger partial charge in [-0.25, -0.2) is 4.98 Å². The Morgan fingerprint density at radius 2 is 2.33 bits per heavy atom. The van der Waals surface area contributed by atoms with Crippen LogP contribution < -0.4 is 5.56 Å². The zero-order valence-electron chi connectivity index (χ0n) is 8.25. The van der Waals surface area contributed by atoms with E-state index in [4.69, 9.17) is 0 Å². The number of thioether (sulfide) groups is 2. The molecule has 1 aliphatic heterocycles. The minimum Gasteiger partial charge on any atom is -0.309 e. The van der Waals surface area contributed by atoms with E-state index < -0.39 is 0 Å². The van der Waals surface area contributed by atoms with Crippen LogP contribution in [0, 0.1) is 6.92 Å². The van der Waals surface area contributed by atoms with Gasteiger partial charge in [0.1, 0.15) is 10.3 Å². The molecule has 2 rings (SSSR count). The molecule has 1 N–H and O–H groups in total. The molecule has 0 saturated carbocycles. The Morgan fingerprint density at radius 3 is 2.93 bits per heavy atom. The van der Waals surface area contributed by atoms with Gasteiger partial charge in [-0.05, 0) is 22.9 Å². The molecule has 1 fully saturated rings. The summed E-state index contributed by atoms with van der Waals surface area (Å²) in [5.41, 5.74) is 0.693. The number of aromatic nitrogens is 2. The van der Waals surface area contributed by atoms with E-state index >= 15 is 0 Å². The van der Waals surface area contributed by atoms with Gasteiger partial charge in [-0.15, -0.1) is 11.8 Å². The molecule has 0 bridgehead atoms. The van der Waals surface area contributed by atoms with Crippen molar-refractivity contribution in [2.24, 2.45) is 0 Å². The van der Waals surface area contributed by atoms with Crippen molar-refractivity contribution in [3.8, 4) is 0 Å². The molecular weight excluding hydrogens is 296 g/mol. The predicted octanol–water partition coefficient (Wildman–Crippen LogP) is 2.36. The van der Waals surface area contributed by atoms with Gasteiger partial charge >= 0.3 is 0 Å². The summed E-state index contributed by atoms with van der Waals surface area (Å²) in [5, 5.41) is 0.336. The van der Waals surface area contributed by atoms with E-state index in [1.807, 2.05) is 30.4 Å². The van der Waals surface area contributed by atoms with Crippen molar-refractivity contribution < 1.29 is 0 Å². The molecule has 2 heterocycles. The molecule has 0 spiro atoms. The third-order valence-electron chi connectivity index (χ3n) is 2.17. The highest BCUT2D eigenvalue weighted by Gasteiger charge is 2.19. The summed E-state index contributed by atoms with van der Waals surface area (Å²) in [5.74, 6) is 4.18. The van der Waals surface area contributed by atoms with Gasteiger partial charge < -0.3 is 4.98 Å². The summed E-state index contributed by atoms with van der Waals surface area (Å²) < 4.78 is 0.541. The van der Waals surface area contributed by atoms with E-state index in [0.29, 0.717) is 9.72 Å². The van der Waals surface area contributed by atoms with Crippen LogP contribution in [-0.2, 0) is 0 Å². The molecule has 1 atom stereocenters. The number of hydrogen-bond donors (Lipinski definition) is 1. The van der Waals surface area contributed by atoms with Gasteiger partial charge in [0.2, 0.25) is 0 Å². The van der Waals surface area contributed by atoms with Crippen LogP contribution in [0.15, 0.2) is 9.27 Å². The monoisotopic (exact) mass is 306 g/mol. The van der Waals surface area contributed by atoms with Crippen LogP contribution in [0.5, 0.6) is 0 Å². The third-order valence-corrected chi connectivity index (χ3v) is 5.86. The number of nitrogens with one attached hydrogen (secondary N) is 1. The van der Waals surface area contributed by atoms with E-state index in [-0.39, 0.29) is 5.56 Å². The fraction of sp³-hybridized carbons (Fsp3) is 0.556. The first kappa shape index (κ1) is 11.5. The lowest BCUT2D eigenvalue weighted by atomic mass is 10.4. The summed E-state index contributed by atoms with van der Waals surface area (Å²) in [6, 6.07) is 0. The maximum absolute atomic E-state index is 11.5. The lowest BCUT2D eigenvalue weighted by molar-refractivity contribution is 0.878. The van der Waals surface area contributed by atoms with Crippen LogP contribution in [0.1, 0.15) is 16.8 Å². The maximum Gasteiger partial charge on any atom is 0.265 e. The Kier molecular flexibility index (Phi) is 3.79. The molecule has 1 unspecified atom stereocenters. The summed E-state index contributed by atoms with van der Waals surface area (Å²) in [6.45, 7) is 1.85. The van der Waals surface area contributed by atoms with Gasteiger partial charge in [-0.3, -0.25) is 4.79 Å². The van der Waals surface area contributed by atoms with E-state index in [1.165, 1.54) is 5.75 Å². The molecule has 0 amide bonds. The molecular formula is C9H11BrN2OS2. The number of aryl methyl sites for hydroxylation is 1. The van der Waals surface area contributed by atoms with Crippen molar-refractivity contribution in [3.63, 3.8) is 0 Å². The quantitative estimate of drug-likeness (QED) is 0.865. The Labute approximate surface area is 105 Å². The van der Waals surface area contributed by atoms with E-state index in [2.05, 4.69) is 25.9 Å². The molecule has 1 aromatic rings. The van der Waals surface area contributed by atoms with E-state index in [9.17, 15) is 4.79 Å². The zero-order valence-corrected chi connectivity index (χ0v) is 11.5. The first-order valence-corrected chi connectivity index (χ1v) is 7.64. The van der Waals surface area contributed by atoms with Gasteiger partial charge in [-0.2, -0.15) is 11.8 Å².